The summed E-state index contributed by atoms with van der Waals surface area (Å²) < 4.78 is 62.0. The molecule has 0 aliphatic carbocycles. The highest BCUT2D eigenvalue weighted by atomic mass is 32.2. The molecule has 0 amide bonds. The van der Waals surface area contributed by atoms with Gasteiger partial charge in [0.25, 0.3) is 0 Å². The SMILES string of the molecule is Nc1cc(F)cc(S(=O)(=O)N2CCCS(=O)(=O)CC2)c1. The number of anilines is 1. The van der Waals surface area contributed by atoms with Crippen molar-refractivity contribution in [3.05, 3.63) is 24.0 Å². The summed E-state index contributed by atoms with van der Waals surface area (Å²) in [6.07, 6.45) is 0.229. The second-order valence-corrected chi connectivity index (χ2v) is 8.87. The normalized spacial score (nSPS) is 20.4. The maximum absolute atomic E-state index is 13.3. The zero-order valence-electron chi connectivity index (χ0n) is 10.6. The Morgan fingerprint density at radius 1 is 1.15 bits per heavy atom. The van der Waals surface area contributed by atoms with Crippen molar-refractivity contribution < 1.29 is 21.2 Å². The molecule has 1 aliphatic heterocycles. The maximum Gasteiger partial charge on any atom is 0.243 e. The van der Waals surface area contributed by atoms with Crippen molar-refractivity contribution in [2.24, 2.45) is 0 Å². The number of hydrogen-bond acceptors (Lipinski definition) is 5. The summed E-state index contributed by atoms with van der Waals surface area (Å²) in [5.74, 6) is -1.01. The van der Waals surface area contributed by atoms with Gasteiger partial charge in [-0.05, 0) is 24.6 Å². The van der Waals surface area contributed by atoms with Gasteiger partial charge in [-0.2, -0.15) is 4.31 Å². The van der Waals surface area contributed by atoms with Crippen LogP contribution in [-0.4, -0.2) is 45.7 Å². The number of sulfone groups is 1. The van der Waals surface area contributed by atoms with Crippen molar-refractivity contribution in [2.75, 3.05) is 30.3 Å². The molecule has 1 aromatic rings. The summed E-state index contributed by atoms with van der Waals surface area (Å²) in [6.45, 7) is -0.0287. The average molecular weight is 322 g/mol. The van der Waals surface area contributed by atoms with E-state index in [1.54, 1.807) is 0 Å². The minimum atomic E-state index is -3.93. The number of benzene rings is 1. The molecule has 2 rings (SSSR count). The summed E-state index contributed by atoms with van der Waals surface area (Å²) in [7, 11) is -7.15. The van der Waals surface area contributed by atoms with Crippen molar-refractivity contribution in [1.82, 2.24) is 4.31 Å². The number of hydrogen-bond donors (Lipinski definition) is 1. The molecule has 112 valence electrons. The van der Waals surface area contributed by atoms with Crippen molar-refractivity contribution in [2.45, 2.75) is 11.3 Å². The summed E-state index contributed by atoms with van der Waals surface area (Å²) in [5, 5.41) is 0. The van der Waals surface area contributed by atoms with Crippen LogP contribution in [0.5, 0.6) is 0 Å². The minimum Gasteiger partial charge on any atom is -0.399 e. The number of sulfonamides is 1. The van der Waals surface area contributed by atoms with Gasteiger partial charge in [-0.3, -0.25) is 0 Å². The monoisotopic (exact) mass is 322 g/mol. The quantitative estimate of drug-likeness (QED) is 0.785. The molecule has 0 bridgehead atoms. The van der Waals surface area contributed by atoms with Crippen LogP contribution in [0.2, 0.25) is 0 Å². The van der Waals surface area contributed by atoms with Crippen LogP contribution in [0.25, 0.3) is 0 Å². The van der Waals surface area contributed by atoms with E-state index < -0.39 is 25.7 Å². The molecular weight excluding hydrogens is 307 g/mol. The molecule has 0 saturated carbocycles. The molecule has 1 saturated heterocycles. The van der Waals surface area contributed by atoms with Gasteiger partial charge in [-0.1, -0.05) is 0 Å². The number of nitrogens with two attached hydrogens (primary N) is 1. The van der Waals surface area contributed by atoms with Crippen LogP contribution < -0.4 is 5.73 Å². The highest BCUT2D eigenvalue weighted by molar-refractivity contribution is 7.91. The van der Waals surface area contributed by atoms with Crippen LogP contribution in [0.1, 0.15) is 6.42 Å². The van der Waals surface area contributed by atoms with E-state index in [9.17, 15) is 21.2 Å². The van der Waals surface area contributed by atoms with Gasteiger partial charge < -0.3 is 5.73 Å². The lowest BCUT2D eigenvalue weighted by Crippen LogP contribution is -2.33. The van der Waals surface area contributed by atoms with Crippen molar-refractivity contribution in [3.63, 3.8) is 0 Å². The van der Waals surface area contributed by atoms with Crippen LogP contribution in [0.4, 0.5) is 10.1 Å². The topological polar surface area (TPSA) is 97.5 Å². The number of rotatable bonds is 2. The van der Waals surface area contributed by atoms with E-state index in [1.807, 2.05) is 0 Å². The Morgan fingerprint density at radius 2 is 1.85 bits per heavy atom. The molecule has 20 heavy (non-hydrogen) atoms. The van der Waals surface area contributed by atoms with E-state index in [1.165, 1.54) is 0 Å². The second-order valence-electron chi connectivity index (χ2n) is 4.63. The van der Waals surface area contributed by atoms with Crippen LogP contribution in [0, 0.1) is 5.82 Å². The summed E-state index contributed by atoms with van der Waals surface area (Å²) in [6, 6.07) is 3.06. The highest BCUT2D eigenvalue weighted by Crippen LogP contribution is 2.21. The Bertz CT molecular complexity index is 696. The molecular formula is C11H15FN2O4S2. The highest BCUT2D eigenvalue weighted by Gasteiger charge is 2.29. The lowest BCUT2D eigenvalue weighted by molar-refractivity contribution is 0.434. The van der Waals surface area contributed by atoms with E-state index >= 15 is 0 Å². The van der Waals surface area contributed by atoms with Crippen molar-refractivity contribution >= 4 is 25.5 Å². The van der Waals surface area contributed by atoms with Crippen molar-refractivity contribution in [3.8, 4) is 0 Å². The Hall–Kier alpha value is -1.19. The lowest BCUT2D eigenvalue weighted by Gasteiger charge is -2.19. The number of nitrogens with zero attached hydrogens (tertiary/aromatic N) is 1. The second kappa shape index (κ2) is 5.30. The predicted molar refractivity (Wildman–Crippen MR) is 72.8 cm³/mol. The Morgan fingerprint density at radius 3 is 2.50 bits per heavy atom. The molecule has 1 aromatic carbocycles. The van der Waals surface area contributed by atoms with Gasteiger partial charge in [0, 0.05) is 18.8 Å². The van der Waals surface area contributed by atoms with Crippen LogP contribution >= 0.6 is 0 Å². The first-order valence-corrected chi connectivity index (χ1v) is 9.23. The molecule has 0 spiro atoms. The van der Waals surface area contributed by atoms with Crippen LogP contribution in [0.3, 0.4) is 0 Å². The largest absolute Gasteiger partial charge is 0.399 e. The minimum absolute atomic E-state index is 0.00557. The fourth-order valence-electron chi connectivity index (χ4n) is 2.04. The summed E-state index contributed by atoms with van der Waals surface area (Å²) >= 11 is 0. The van der Waals surface area contributed by atoms with E-state index in [4.69, 9.17) is 5.73 Å². The molecule has 2 N–H and O–H groups in total. The van der Waals surface area contributed by atoms with Crippen LogP contribution in [0.15, 0.2) is 23.1 Å². The van der Waals surface area contributed by atoms with Crippen molar-refractivity contribution in [1.29, 1.82) is 0 Å². The maximum atomic E-state index is 13.3. The van der Waals surface area contributed by atoms with Gasteiger partial charge in [-0.15, -0.1) is 0 Å². The number of nitrogen functional groups attached to an aromatic ring is 1. The van der Waals surface area contributed by atoms with Gasteiger partial charge in [0.05, 0.1) is 16.4 Å². The smallest absolute Gasteiger partial charge is 0.243 e. The first kappa shape index (κ1) is 15.2. The summed E-state index contributed by atoms with van der Waals surface area (Å²) in [5.41, 5.74) is 5.45. The van der Waals surface area contributed by atoms with Gasteiger partial charge in [0.15, 0.2) is 9.84 Å². The third-order valence-corrected chi connectivity index (χ3v) is 6.64. The molecule has 1 heterocycles. The zero-order valence-corrected chi connectivity index (χ0v) is 12.3. The zero-order chi connectivity index (χ0) is 15.0. The Labute approximate surface area is 117 Å². The predicted octanol–water partition coefficient (Wildman–Crippen LogP) is 0.217. The molecule has 1 fully saturated rings. The van der Waals surface area contributed by atoms with E-state index in [-0.39, 0.29) is 41.6 Å². The molecule has 0 aromatic heterocycles. The van der Waals surface area contributed by atoms with E-state index in [2.05, 4.69) is 0 Å². The third kappa shape index (κ3) is 3.28. The Kier molecular flexibility index (Phi) is 4.03. The average Bonchev–Trinajstić information content (AvgIpc) is 2.49. The molecule has 1 aliphatic rings. The van der Waals surface area contributed by atoms with E-state index in [0.717, 1.165) is 22.5 Å². The van der Waals surface area contributed by atoms with Crippen LogP contribution in [-0.2, 0) is 19.9 Å². The molecule has 9 heteroatoms. The number of halogens is 1. The van der Waals surface area contributed by atoms with Gasteiger partial charge in [0.1, 0.15) is 5.82 Å². The van der Waals surface area contributed by atoms with Gasteiger partial charge >= 0.3 is 0 Å². The Balaban J connectivity index is 2.35. The first-order chi connectivity index (χ1) is 9.21. The standard InChI is InChI=1S/C11H15FN2O4S2/c12-9-6-10(13)8-11(7-9)20(17,18)14-2-1-4-19(15,16)5-3-14/h6-8H,1-5,13H2. The van der Waals surface area contributed by atoms with E-state index in [0.29, 0.717) is 0 Å². The molecule has 0 radical (unpaired) electrons. The lowest BCUT2D eigenvalue weighted by atomic mass is 10.3. The van der Waals surface area contributed by atoms with Gasteiger partial charge in [0.2, 0.25) is 10.0 Å². The molecule has 6 nitrogen and oxygen atoms in total. The van der Waals surface area contributed by atoms with Gasteiger partial charge in [-0.25, -0.2) is 21.2 Å². The summed E-state index contributed by atoms with van der Waals surface area (Å²) in [4.78, 5) is -0.255. The molecule has 0 atom stereocenters. The molecule has 0 unspecified atom stereocenters. The first-order valence-electron chi connectivity index (χ1n) is 5.97. The third-order valence-electron chi connectivity index (χ3n) is 3.05. The fraction of sp³-hybridized carbons (Fsp3) is 0.455. The fourth-order valence-corrected chi connectivity index (χ4v) is 4.97.